The molecule has 0 bridgehead atoms. The molecule has 0 unspecified atom stereocenters. The molecule has 2 heterocycles. The molecule has 1 amide bonds. The summed E-state index contributed by atoms with van der Waals surface area (Å²) in [6.45, 7) is 4.83. The lowest BCUT2D eigenvalue weighted by Crippen LogP contribution is -2.26. The third-order valence-electron chi connectivity index (χ3n) is 5.02. The third-order valence-corrected chi connectivity index (χ3v) is 5.02. The summed E-state index contributed by atoms with van der Waals surface area (Å²) < 4.78 is 2.13. The van der Waals surface area contributed by atoms with Crippen molar-refractivity contribution in [2.45, 2.75) is 26.2 Å². The minimum Gasteiger partial charge on any atom is -0.331 e. The molecule has 0 aliphatic carbocycles. The number of para-hydroxylation sites is 3. The Morgan fingerprint density at radius 3 is 2.46 bits per heavy atom. The lowest BCUT2D eigenvalue weighted by atomic mass is 10.1. The summed E-state index contributed by atoms with van der Waals surface area (Å²) in [4.78, 5) is 19.4. The minimum absolute atomic E-state index is 0.133. The van der Waals surface area contributed by atoms with Crippen LogP contribution in [0.5, 0.6) is 0 Å². The molecule has 1 aliphatic rings. The number of hydrogen-bond donors (Lipinski definition) is 0. The third kappa shape index (κ3) is 2.21. The smallest absolute Gasteiger partial charge is 0.227 e. The molecule has 1 atom stereocenters. The Hall–Kier alpha value is -2.62. The fourth-order valence-electron chi connectivity index (χ4n) is 3.86. The first-order valence-corrected chi connectivity index (χ1v) is 8.34. The number of amides is 1. The number of carbonyl (C=O) groups is 1. The van der Waals surface area contributed by atoms with Crippen LogP contribution in [0.15, 0.2) is 42.5 Å². The number of aryl methyl sites for hydroxylation is 3. The molecule has 4 heteroatoms. The van der Waals surface area contributed by atoms with Gasteiger partial charge in [0.15, 0.2) is 0 Å². The summed E-state index contributed by atoms with van der Waals surface area (Å²) in [6.07, 6.45) is 0.519. The molecular weight excluding hydrogens is 298 g/mol. The summed E-state index contributed by atoms with van der Waals surface area (Å²) in [5.74, 6) is 1.32. The van der Waals surface area contributed by atoms with Gasteiger partial charge in [-0.3, -0.25) is 4.79 Å². The Morgan fingerprint density at radius 1 is 1.04 bits per heavy atom. The number of hydrogen-bond acceptors (Lipinski definition) is 2. The van der Waals surface area contributed by atoms with Crippen molar-refractivity contribution in [1.29, 1.82) is 0 Å². The van der Waals surface area contributed by atoms with Crippen molar-refractivity contribution in [1.82, 2.24) is 9.55 Å². The number of anilines is 1. The lowest BCUT2D eigenvalue weighted by Gasteiger charge is -2.21. The summed E-state index contributed by atoms with van der Waals surface area (Å²) in [5, 5.41) is 0. The minimum atomic E-state index is 0.133. The first-order chi connectivity index (χ1) is 11.6. The molecule has 0 saturated carbocycles. The van der Waals surface area contributed by atoms with Gasteiger partial charge in [0.05, 0.1) is 11.0 Å². The summed E-state index contributed by atoms with van der Waals surface area (Å²) >= 11 is 0. The van der Waals surface area contributed by atoms with Crippen LogP contribution < -0.4 is 4.90 Å². The number of fused-ring (bicyclic) bond motifs is 1. The fourth-order valence-corrected chi connectivity index (χ4v) is 3.86. The van der Waals surface area contributed by atoms with Gasteiger partial charge in [0, 0.05) is 31.6 Å². The number of rotatable bonds is 2. The van der Waals surface area contributed by atoms with Crippen molar-refractivity contribution in [3.05, 3.63) is 59.4 Å². The largest absolute Gasteiger partial charge is 0.331 e. The molecule has 4 rings (SSSR count). The zero-order chi connectivity index (χ0) is 16.8. The molecule has 0 spiro atoms. The Kier molecular flexibility index (Phi) is 3.41. The van der Waals surface area contributed by atoms with E-state index in [4.69, 9.17) is 4.98 Å². The van der Waals surface area contributed by atoms with Crippen molar-refractivity contribution in [2.24, 2.45) is 7.05 Å². The van der Waals surface area contributed by atoms with E-state index < -0.39 is 0 Å². The summed E-state index contributed by atoms with van der Waals surface area (Å²) in [7, 11) is 2.04. The second kappa shape index (κ2) is 5.48. The van der Waals surface area contributed by atoms with Crippen LogP contribution in [-0.2, 0) is 11.8 Å². The highest BCUT2D eigenvalue weighted by atomic mass is 16.2. The molecule has 24 heavy (non-hydrogen) atoms. The van der Waals surface area contributed by atoms with Crippen LogP contribution in [-0.4, -0.2) is 22.0 Å². The Bertz CT molecular complexity index is 921. The fraction of sp³-hybridized carbons (Fsp3) is 0.300. The molecule has 1 aromatic heterocycles. The lowest BCUT2D eigenvalue weighted by molar-refractivity contribution is -0.117. The number of aromatic nitrogens is 2. The van der Waals surface area contributed by atoms with Gasteiger partial charge in [0.1, 0.15) is 5.82 Å². The second-order valence-electron chi connectivity index (χ2n) is 6.66. The molecule has 4 nitrogen and oxygen atoms in total. The highest BCUT2D eigenvalue weighted by molar-refractivity contribution is 5.98. The van der Waals surface area contributed by atoms with Crippen LogP contribution in [0.1, 0.15) is 29.3 Å². The van der Waals surface area contributed by atoms with Gasteiger partial charge < -0.3 is 9.47 Å². The van der Waals surface area contributed by atoms with Crippen LogP contribution in [0.25, 0.3) is 11.0 Å². The standard InChI is InChI=1S/C20H21N3O/c1-13-7-6-8-14(2)19(13)23-12-15(11-18(23)24)20-21-16-9-4-5-10-17(16)22(20)3/h4-10,15H,11-12H2,1-3H3/t15-/m1/s1. The normalized spacial score (nSPS) is 17.9. The predicted octanol–water partition coefficient (Wildman–Crippen LogP) is 3.71. The molecule has 1 fully saturated rings. The molecule has 1 aliphatic heterocycles. The van der Waals surface area contributed by atoms with Gasteiger partial charge in [0.25, 0.3) is 0 Å². The molecule has 0 radical (unpaired) electrons. The van der Waals surface area contributed by atoms with Gasteiger partial charge in [-0.15, -0.1) is 0 Å². The molecule has 2 aromatic carbocycles. The summed E-state index contributed by atoms with van der Waals surface area (Å²) in [6, 6.07) is 14.3. The van der Waals surface area contributed by atoms with E-state index in [1.165, 1.54) is 0 Å². The van der Waals surface area contributed by atoms with Gasteiger partial charge in [-0.1, -0.05) is 30.3 Å². The quantitative estimate of drug-likeness (QED) is 0.722. The van der Waals surface area contributed by atoms with Crippen LogP contribution in [0.3, 0.4) is 0 Å². The SMILES string of the molecule is Cc1cccc(C)c1N1C[C@H](c2nc3ccccc3n2C)CC1=O. The van der Waals surface area contributed by atoms with Crippen molar-refractivity contribution in [3.63, 3.8) is 0 Å². The van der Waals surface area contributed by atoms with E-state index in [1.807, 2.05) is 36.2 Å². The number of imidazole rings is 1. The van der Waals surface area contributed by atoms with Gasteiger partial charge in [-0.05, 0) is 37.1 Å². The first kappa shape index (κ1) is 14.9. The number of benzene rings is 2. The van der Waals surface area contributed by atoms with Gasteiger partial charge in [-0.2, -0.15) is 0 Å². The van der Waals surface area contributed by atoms with Gasteiger partial charge in [-0.25, -0.2) is 4.98 Å². The maximum Gasteiger partial charge on any atom is 0.227 e. The maximum absolute atomic E-state index is 12.7. The maximum atomic E-state index is 12.7. The predicted molar refractivity (Wildman–Crippen MR) is 96.3 cm³/mol. The van der Waals surface area contributed by atoms with Crippen LogP contribution in [0.4, 0.5) is 5.69 Å². The molecule has 1 saturated heterocycles. The van der Waals surface area contributed by atoms with E-state index in [1.54, 1.807) is 0 Å². The average molecular weight is 319 g/mol. The average Bonchev–Trinajstić information content (AvgIpc) is 3.09. The van der Waals surface area contributed by atoms with Crippen molar-refractivity contribution in [2.75, 3.05) is 11.4 Å². The van der Waals surface area contributed by atoms with E-state index >= 15 is 0 Å². The summed E-state index contributed by atoms with van der Waals surface area (Å²) in [5.41, 5.74) is 5.46. The zero-order valence-electron chi connectivity index (χ0n) is 14.3. The van der Waals surface area contributed by atoms with Crippen LogP contribution >= 0.6 is 0 Å². The highest BCUT2D eigenvalue weighted by Gasteiger charge is 2.35. The highest BCUT2D eigenvalue weighted by Crippen LogP contribution is 2.35. The van der Waals surface area contributed by atoms with Crippen LogP contribution in [0, 0.1) is 13.8 Å². The van der Waals surface area contributed by atoms with Crippen molar-refractivity contribution < 1.29 is 4.79 Å². The van der Waals surface area contributed by atoms with E-state index in [0.29, 0.717) is 13.0 Å². The Morgan fingerprint density at radius 2 is 1.75 bits per heavy atom. The monoisotopic (exact) mass is 319 g/mol. The van der Waals surface area contributed by atoms with Crippen molar-refractivity contribution in [3.8, 4) is 0 Å². The van der Waals surface area contributed by atoms with E-state index in [0.717, 1.165) is 33.7 Å². The topological polar surface area (TPSA) is 38.1 Å². The number of nitrogens with zero attached hydrogens (tertiary/aromatic N) is 3. The van der Waals surface area contributed by atoms with E-state index in [2.05, 4.69) is 36.6 Å². The van der Waals surface area contributed by atoms with E-state index in [9.17, 15) is 4.79 Å². The molecule has 122 valence electrons. The second-order valence-corrected chi connectivity index (χ2v) is 6.66. The van der Waals surface area contributed by atoms with Gasteiger partial charge >= 0.3 is 0 Å². The zero-order valence-corrected chi connectivity index (χ0v) is 14.3. The Balaban J connectivity index is 1.72. The Labute approximate surface area is 141 Å². The number of carbonyl (C=O) groups excluding carboxylic acids is 1. The molecule has 3 aromatic rings. The molecular formula is C20H21N3O. The van der Waals surface area contributed by atoms with Gasteiger partial charge in [0.2, 0.25) is 5.91 Å². The van der Waals surface area contributed by atoms with E-state index in [-0.39, 0.29) is 11.8 Å². The molecule has 0 N–H and O–H groups in total. The first-order valence-electron chi connectivity index (χ1n) is 8.34. The van der Waals surface area contributed by atoms with Crippen molar-refractivity contribution >= 4 is 22.6 Å². The van der Waals surface area contributed by atoms with Crippen LogP contribution in [0.2, 0.25) is 0 Å².